The van der Waals surface area contributed by atoms with Crippen LogP contribution >= 0.6 is 0 Å². The summed E-state index contributed by atoms with van der Waals surface area (Å²) in [5.74, 6) is 0.989. The topological polar surface area (TPSA) is 67.4 Å². The Balaban J connectivity index is 2.02. The van der Waals surface area contributed by atoms with Crippen LogP contribution in [0.2, 0.25) is 0 Å². The Morgan fingerprint density at radius 3 is 2.35 bits per heavy atom. The predicted molar refractivity (Wildman–Crippen MR) is 105 cm³/mol. The van der Waals surface area contributed by atoms with Gasteiger partial charge in [0.2, 0.25) is 5.91 Å². The summed E-state index contributed by atoms with van der Waals surface area (Å²) in [6, 6.07) is 12.5. The number of benzene rings is 2. The first kappa shape index (κ1) is 19.5. The standard InChI is InChI=1S/C21H26N2O3/c1-14(2)11-12-26-19-9-6-17(7-10-19)21(25)23-20-13-18(22-16(4)24)8-5-15(20)3/h5-10,13-14H,11-12H2,1-4H3,(H,22,24)(H,23,25). The number of carbonyl (C=O) groups excluding carboxylic acids is 2. The number of ether oxygens (including phenoxy) is 1. The van der Waals surface area contributed by atoms with E-state index in [1.807, 2.05) is 13.0 Å². The summed E-state index contributed by atoms with van der Waals surface area (Å²) in [4.78, 5) is 23.7. The van der Waals surface area contributed by atoms with Gasteiger partial charge in [-0.1, -0.05) is 19.9 Å². The van der Waals surface area contributed by atoms with Gasteiger partial charge in [0, 0.05) is 23.9 Å². The molecule has 26 heavy (non-hydrogen) atoms. The minimum Gasteiger partial charge on any atom is -0.494 e. The smallest absolute Gasteiger partial charge is 0.255 e. The van der Waals surface area contributed by atoms with Gasteiger partial charge >= 0.3 is 0 Å². The highest BCUT2D eigenvalue weighted by atomic mass is 16.5. The molecule has 2 N–H and O–H groups in total. The van der Waals surface area contributed by atoms with Gasteiger partial charge in [-0.25, -0.2) is 0 Å². The van der Waals surface area contributed by atoms with Crippen molar-refractivity contribution in [1.82, 2.24) is 0 Å². The molecule has 0 radical (unpaired) electrons. The molecule has 2 aromatic carbocycles. The zero-order valence-electron chi connectivity index (χ0n) is 15.8. The summed E-state index contributed by atoms with van der Waals surface area (Å²) < 4.78 is 5.67. The predicted octanol–water partition coefficient (Wildman–Crippen LogP) is 4.63. The molecule has 0 saturated carbocycles. The maximum Gasteiger partial charge on any atom is 0.255 e. The molecule has 0 aromatic heterocycles. The number of amides is 2. The Bertz CT molecular complexity index is 767. The van der Waals surface area contributed by atoms with Crippen molar-refractivity contribution in [3.05, 3.63) is 53.6 Å². The summed E-state index contributed by atoms with van der Waals surface area (Å²) in [5.41, 5.74) is 2.78. The van der Waals surface area contributed by atoms with Crippen LogP contribution in [-0.2, 0) is 4.79 Å². The largest absolute Gasteiger partial charge is 0.494 e. The molecule has 0 aliphatic rings. The normalized spacial score (nSPS) is 10.5. The summed E-state index contributed by atoms with van der Waals surface area (Å²) in [5, 5.41) is 5.60. The number of rotatable bonds is 7. The summed E-state index contributed by atoms with van der Waals surface area (Å²) in [6.45, 7) is 8.32. The first-order chi connectivity index (χ1) is 12.3. The summed E-state index contributed by atoms with van der Waals surface area (Å²) in [7, 11) is 0. The molecule has 5 nitrogen and oxygen atoms in total. The number of hydrogen-bond acceptors (Lipinski definition) is 3. The van der Waals surface area contributed by atoms with E-state index in [-0.39, 0.29) is 11.8 Å². The van der Waals surface area contributed by atoms with Gasteiger partial charge in [0.05, 0.1) is 6.61 Å². The third-order valence-corrected chi connectivity index (χ3v) is 3.89. The van der Waals surface area contributed by atoms with E-state index in [0.29, 0.717) is 29.5 Å². The van der Waals surface area contributed by atoms with Crippen molar-refractivity contribution in [2.75, 3.05) is 17.2 Å². The Labute approximate surface area is 154 Å². The van der Waals surface area contributed by atoms with Gasteiger partial charge in [-0.15, -0.1) is 0 Å². The Kier molecular flexibility index (Phi) is 6.78. The van der Waals surface area contributed by atoms with Crippen LogP contribution in [0.4, 0.5) is 11.4 Å². The third-order valence-electron chi connectivity index (χ3n) is 3.89. The van der Waals surface area contributed by atoms with Gasteiger partial charge in [-0.05, 0) is 61.2 Å². The fraction of sp³-hybridized carbons (Fsp3) is 0.333. The molecule has 2 aromatic rings. The third kappa shape index (κ3) is 5.92. The van der Waals surface area contributed by atoms with Crippen molar-refractivity contribution < 1.29 is 14.3 Å². The van der Waals surface area contributed by atoms with E-state index >= 15 is 0 Å². The lowest BCUT2D eigenvalue weighted by Gasteiger charge is -2.12. The minimum absolute atomic E-state index is 0.154. The first-order valence-electron chi connectivity index (χ1n) is 8.77. The SMILES string of the molecule is CC(=O)Nc1ccc(C)c(NC(=O)c2ccc(OCCC(C)C)cc2)c1. The van der Waals surface area contributed by atoms with Crippen molar-refractivity contribution in [3.63, 3.8) is 0 Å². The molecule has 0 fully saturated rings. The molecule has 2 amide bonds. The number of nitrogens with one attached hydrogen (secondary N) is 2. The van der Waals surface area contributed by atoms with Crippen molar-refractivity contribution in [3.8, 4) is 5.75 Å². The number of hydrogen-bond donors (Lipinski definition) is 2. The van der Waals surface area contributed by atoms with E-state index in [1.54, 1.807) is 36.4 Å². The zero-order valence-corrected chi connectivity index (χ0v) is 15.8. The van der Waals surface area contributed by atoms with Crippen LogP contribution in [-0.4, -0.2) is 18.4 Å². The molecule has 0 atom stereocenters. The van der Waals surface area contributed by atoms with Crippen LogP contribution in [0.3, 0.4) is 0 Å². The molecule has 0 aliphatic heterocycles. The average molecular weight is 354 g/mol. The lowest BCUT2D eigenvalue weighted by Crippen LogP contribution is -2.13. The Morgan fingerprint density at radius 2 is 1.73 bits per heavy atom. The fourth-order valence-electron chi connectivity index (χ4n) is 2.35. The van der Waals surface area contributed by atoms with Crippen LogP contribution in [0.15, 0.2) is 42.5 Å². The minimum atomic E-state index is -0.207. The van der Waals surface area contributed by atoms with E-state index in [9.17, 15) is 9.59 Å². The number of carbonyl (C=O) groups is 2. The molecule has 2 rings (SSSR count). The Morgan fingerprint density at radius 1 is 1.04 bits per heavy atom. The molecule has 0 unspecified atom stereocenters. The lowest BCUT2D eigenvalue weighted by atomic mass is 10.1. The van der Waals surface area contributed by atoms with Gasteiger partial charge in [-0.2, -0.15) is 0 Å². The molecular formula is C21H26N2O3. The van der Waals surface area contributed by atoms with Crippen molar-refractivity contribution >= 4 is 23.2 Å². The lowest BCUT2D eigenvalue weighted by molar-refractivity contribution is -0.114. The highest BCUT2D eigenvalue weighted by Crippen LogP contribution is 2.22. The molecule has 0 aliphatic carbocycles. The van der Waals surface area contributed by atoms with Gasteiger partial charge in [0.15, 0.2) is 0 Å². The molecule has 0 bridgehead atoms. The number of aryl methyl sites for hydroxylation is 1. The van der Waals surface area contributed by atoms with E-state index < -0.39 is 0 Å². The second-order valence-corrected chi connectivity index (χ2v) is 6.72. The van der Waals surface area contributed by atoms with E-state index in [0.717, 1.165) is 17.7 Å². The number of anilines is 2. The second-order valence-electron chi connectivity index (χ2n) is 6.72. The molecular weight excluding hydrogens is 328 g/mol. The first-order valence-corrected chi connectivity index (χ1v) is 8.77. The zero-order chi connectivity index (χ0) is 19.1. The Hall–Kier alpha value is -2.82. The van der Waals surface area contributed by atoms with Gasteiger partial charge in [0.1, 0.15) is 5.75 Å². The highest BCUT2D eigenvalue weighted by Gasteiger charge is 2.09. The summed E-state index contributed by atoms with van der Waals surface area (Å²) >= 11 is 0. The molecule has 0 saturated heterocycles. The van der Waals surface area contributed by atoms with E-state index in [1.165, 1.54) is 6.92 Å². The van der Waals surface area contributed by atoms with Gasteiger partial charge in [-0.3, -0.25) is 9.59 Å². The van der Waals surface area contributed by atoms with Crippen LogP contribution in [0.5, 0.6) is 5.75 Å². The second kappa shape index (κ2) is 9.04. The fourth-order valence-corrected chi connectivity index (χ4v) is 2.35. The van der Waals surface area contributed by atoms with Gasteiger partial charge < -0.3 is 15.4 Å². The van der Waals surface area contributed by atoms with E-state index in [4.69, 9.17) is 4.74 Å². The molecule has 0 heterocycles. The van der Waals surface area contributed by atoms with Crippen molar-refractivity contribution in [1.29, 1.82) is 0 Å². The molecule has 138 valence electrons. The van der Waals surface area contributed by atoms with Gasteiger partial charge in [0.25, 0.3) is 5.91 Å². The van der Waals surface area contributed by atoms with Crippen LogP contribution in [0.1, 0.15) is 43.1 Å². The monoisotopic (exact) mass is 354 g/mol. The van der Waals surface area contributed by atoms with Crippen molar-refractivity contribution in [2.24, 2.45) is 5.92 Å². The van der Waals surface area contributed by atoms with Crippen LogP contribution in [0, 0.1) is 12.8 Å². The van der Waals surface area contributed by atoms with E-state index in [2.05, 4.69) is 24.5 Å². The van der Waals surface area contributed by atoms with Crippen LogP contribution in [0.25, 0.3) is 0 Å². The maximum atomic E-state index is 12.5. The summed E-state index contributed by atoms with van der Waals surface area (Å²) in [6.07, 6.45) is 0.992. The van der Waals surface area contributed by atoms with Crippen LogP contribution < -0.4 is 15.4 Å². The molecule has 5 heteroatoms. The highest BCUT2D eigenvalue weighted by molar-refractivity contribution is 6.05. The van der Waals surface area contributed by atoms with Crippen molar-refractivity contribution in [2.45, 2.75) is 34.1 Å². The maximum absolute atomic E-state index is 12.5. The quantitative estimate of drug-likeness (QED) is 0.762. The molecule has 0 spiro atoms. The average Bonchev–Trinajstić information content (AvgIpc) is 2.57.